The first-order chi connectivity index (χ1) is 11.7. The molecule has 0 amide bonds. The van der Waals surface area contributed by atoms with E-state index in [-0.39, 0.29) is 11.5 Å². The number of carbonyl (C=O) groups is 1. The Bertz CT molecular complexity index is 964. The highest BCUT2D eigenvalue weighted by Gasteiger charge is 2.30. The Morgan fingerprint density at radius 3 is 2.36 bits per heavy atom. The molecule has 2 aromatic heterocycles. The Morgan fingerprint density at radius 1 is 1.20 bits per heavy atom. The van der Waals surface area contributed by atoms with Gasteiger partial charge in [0.1, 0.15) is 4.83 Å². The van der Waals surface area contributed by atoms with Gasteiger partial charge in [-0.05, 0) is 12.1 Å². The Hall–Kier alpha value is -2.68. The first-order valence-electron chi connectivity index (χ1n) is 7.18. The average molecular weight is 366 g/mol. The van der Waals surface area contributed by atoms with Crippen molar-refractivity contribution in [3.8, 4) is 11.3 Å². The lowest BCUT2D eigenvalue weighted by Gasteiger charge is -2.09. The number of benzene rings is 1. The van der Waals surface area contributed by atoms with Gasteiger partial charge in [-0.25, -0.2) is 9.97 Å². The van der Waals surface area contributed by atoms with Gasteiger partial charge >= 0.3 is 6.18 Å². The summed E-state index contributed by atoms with van der Waals surface area (Å²) >= 11 is 1.13. The van der Waals surface area contributed by atoms with Crippen LogP contribution in [0.15, 0.2) is 24.3 Å². The first-order valence-corrected chi connectivity index (χ1v) is 8.00. The van der Waals surface area contributed by atoms with Crippen LogP contribution in [0, 0.1) is 0 Å². The van der Waals surface area contributed by atoms with Crippen molar-refractivity contribution in [1.29, 1.82) is 0 Å². The van der Waals surface area contributed by atoms with Gasteiger partial charge < -0.3 is 11.1 Å². The van der Waals surface area contributed by atoms with E-state index in [1.165, 1.54) is 19.1 Å². The standard InChI is InChI=1S/C16H13F3N4OS/c1-7(24)13-11(20)10-12(22-15(21-2)23-14(10)25-13)8-3-5-9(6-4-8)16(17,18)19/h3-6H,20H2,1-2H3,(H,21,22,23). The van der Waals surface area contributed by atoms with Crippen LogP contribution in [0.3, 0.4) is 0 Å². The average Bonchev–Trinajstić information content (AvgIpc) is 2.90. The molecule has 0 spiro atoms. The molecule has 0 fully saturated rings. The van der Waals surface area contributed by atoms with E-state index in [1.807, 2.05) is 0 Å². The van der Waals surface area contributed by atoms with Crippen molar-refractivity contribution in [3.05, 3.63) is 34.7 Å². The summed E-state index contributed by atoms with van der Waals surface area (Å²) in [6.45, 7) is 1.39. The van der Waals surface area contributed by atoms with E-state index in [9.17, 15) is 18.0 Å². The molecule has 5 nitrogen and oxygen atoms in total. The number of hydrogen-bond donors (Lipinski definition) is 2. The summed E-state index contributed by atoms with van der Waals surface area (Å²) < 4.78 is 38.3. The van der Waals surface area contributed by atoms with E-state index in [1.54, 1.807) is 7.05 Å². The van der Waals surface area contributed by atoms with Crippen LogP contribution in [-0.4, -0.2) is 22.8 Å². The van der Waals surface area contributed by atoms with Crippen molar-refractivity contribution in [2.75, 3.05) is 18.1 Å². The number of nitrogens with two attached hydrogens (primary N) is 1. The highest BCUT2D eigenvalue weighted by atomic mass is 32.1. The van der Waals surface area contributed by atoms with Gasteiger partial charge in [0.15, 0.2) is 5.78 Å². The molecule has 9 heteroatoms. The van der Waals surface area contributed by atoms with Gasteiger partial charge in [0.05, 0.1) is 27.2 Å². The zero-order chi connectivity index (χ0) is 18.4. The van der Waals surface area contributed by atoms with E-state index >= 15 is 0 Å². The summed E-state index contributed by atoms with van der Waals surface area (Å²) in [5.74, 6) is 0.0867. The largest absolute Gasteiger partial charge is 0.416 e. The summed E-state index contributed by atoms with van der Waals surface area (Å²) in [5, 5.41) is 3.27. The van der Waals surface area contributed by atoms with Crippen molar-refractivity contribution in [2.45, 2.75) is 13.1 Å². The topological polar surface area (TPSA) is 80.9 Å². The summed E-state index contributed by atoms with van der Waals surface area (Å²) in [4.78, 5) is 21.2. The predicted molar refractivity (Wildman–Crippen MR) is 91.8 cm³/mol. The molecular weight excluding hydrogens is 353 g/mol. The van der Waals surface area contributed by atoms with E-state index in [2.05, 4.69) is 15.3 Å². The molecule has 3 rings (SSSR count). The van der Waals surface area contributed by atoms with Gasteiger partial charge in [0.25, 0.3) is 0 Å². The maximum atomic E-state index is 12.8. The Labute approximate surface area is 144 Å². The molecule has 1 aromatic carbocycles. The number of anilines is 2. The zero-order valence-corrected chi connectivity index (χ0v) is 14.0. The summed E-state index contributed by atoms with van der Waals surface area (Å²) in [7, 11) is 1.63. The van der Waals surface area contributed by atoms with Gasteiger partial charge in [-0.3, -0.25) is 4.79 Å². The Morgan fingerprint density at radius 2 is 1.84 bits per heavy atom. The quantitative estimate of drug-likeness (QED) is 0.679. The lowest BCUT2D eigenvalue weighted by atomic mass is 10.1. The maximum absolute atomic E-state index is 12.8. The van der Waals surface area contributed by atoms with Crippen molar-refractivity contribution in [2.24, 2.45) is 0 Å². The van der Waals surface area contributed by atoms with Crippen molar-refractivity contribution in [1.82, 2.24) is 9.97 Å². The van der Waals surface area contributed by atoms with Gasteiger partial charge in [-0.1, -0.05) is 12.1 Å². The lowest BCUT2D eigenvalue weighted by molar-refractivity contribution is -0.137. The van der Waals surface area contributed by atoms with E-state index in [0.717, 1.165) is 23.5 Å². The number of halogens is 3. The zero-order valence-electron chi connectivity index (χ0n) is 13.2. The fourth-order valence-corrected chi connectivity index (χ4v) is 3.41. The van der Waals surface area contributed by atoms with Crippen molar-refractivity contribution >= 4 is 39.0 Å². The van der Waals surface area contributed by atoms with Crippen LogP contribution >= 0.6 is 11.3 Å². The first kappa shape index (κ1) is 17.2. The number of hydrogen-bond acceptors (Lipinski definition) is 6. The smallest absolute Gasteiger partial charge is 0.397 e. The molecule has 130 valence electrons. The monoisotopic (exact) mass is 366 g/mol. The number of carbonyl (C=O) groups excluding carboxylic acids is 1. The molecule has 25 heavy (non-hydrogen) atoms. The highest BCUT2D eigenvalue weighted by Crippen LogP contribution is 2.39. The second-order valence-electron chi connectivity index (χ2n) is 5.30. The molecular formula is C16H13F3N4OS. The van der Waals surface area contributed by atoms with Crippen LogP contribution < -0.4 is 11.1 Å². The van der Waals surface area contributed by atoms with Gasteiger partial charge in [-0.15, -0.1) is 11.3 Å². The molecule has 0 saturated carbocycles. The molecule has 0 atom stereocenters. The molecule has 0 saturated heterocycles. The van der Waals surface area contributed by atoms with E-state index in [0.29, 0.717) is 32.3 Å². The Kier molecular flexibility index (Phi) is 4.11. The third kappa shape index (κ3) is 3.02. The third-order valence-electron chi connectivity index (χ3n) is 3.62. The van der Waals surface area contributed by atoms with Crippen LogP contribution in [0.2, 0.25) is 0 Å². The predicted octanol–water partition coefficient (Wildman–Crippen LogP) is 4.20. The fraction of sp³-hybridized carbons (Fsp3) is 0.188. The maximum Gasteiger partial charge on any atom is 0.416 e. The molecule has 0 radical (unpaired) electrons. The molecule has 0 aliphatic heterocycles. The minimum absolute atomic E-state index is 0.204. The van der Waals surface area contributed by atoms with Crippen LogP contribution in [0.1, 0.15) is 22.2 Å². The number of nitrogen functional groups attached to an aromatic ring is 1. The fourth-order valence-electron chi connectivity index (χ4n) is 2.42. The number of aromatic nitrogens is 2. The van der Waals surface area contributed by atoms with Crippen LogP contribution in [-0.2, 0) is 6.18 Å². The minimum atomic E-state index is -4.42. The van der Waals surface area contributed by atoms with Gasteiger partial charge in [0.2, 0.25) is 5.95 Å². The number of nitrogens with zero attached hydrogens (tertiary/aromatic N) is 2. The van der Waals surface area contributed by atoms with Crippen LogP contribution in [0.25, 0.3) is 21.5 Å². The summed E-state index contributed by atoms with van der Waals surface area (Å²) in [5.41, 5.74) is 6.40. The molecule has 0 aliphatic rings. The molecule has 0 bridgehead atoms. The molecule has 3 aromatic rings. The number of thiophene rings is 1. The number of rotatable bonds is 3. The molecule has 3 N–H and O–H groups in total. The SMILES string of the molecule is CNc1nc(-c2ccc(C(F)(F)F)cc2)c2c(N)c(C(C)=O)sc2n1. The molecule has 0 unspecified atom stereocenters. The third-order valence-corrected chi connectivity index (χ3v) is 4.82. The summed E-state index contributed by atoms with van der Waals surface area (Å²) in [6, 6.07) is 4.62. The highest BCUT2D eigenvalue weighted by molar-refractivity contribution is 7.21. The van der Waals surface area contributed by atoms with E-state index < -0.39 is 11.7 Å². The molecule has 2 heterocycles. The van der Waals surface area contributed by atoms with Crippen molar-refractivity contribution in [3.63, 3.8) is 0 Å². The van der Waals surface area contributed by atoms with Gasteiger partial charge in [-0.2, -0.15) is 13.2 Å². The minimum Gasteiger partial charge on any atom is -0.397 e. The van der Waals surface area contributed by atoms with Crippen LogP contribution in [0.5, 0.6) is 0 Å². The Balaban J connectivity index is 2.25. The number of fused-ring (bicyclic) bond motifs is 1. The lowest BCUT2D eigenvalue weighted by Crippen LogP contribution is -2.04. The second-order valence-corrected chi connectivity index (χ2v) is 6.30. The second kappa shape index (κ2) is 5.99. The summed E-state index contributed by atoms with van der Waals surface area (Å²) in [6.07, 6.45) is -4.42. The number of ketones is 1. The van der Waals surface area contributed by atoms with Crippen LogP contribution in [0.4, 0.5) is 24.8 Å². The number of Topliss-reactive ketones (excluding diaryl/α,β-unsaturated/α-hetero) is 1. The van der Waals surface area contributed by atoms with Gasteiger partial charge in [0, 0.05) is 19.5 Å². The molecule has 0 aliphatic carbocycles. The normalized spacial score (nSPS) is 11.7. The van der Waals surface area contributed by atoms with E-state index in [4.69, 9.17) is 5.73 Å². The van der Waals surface area contributed by atoms with Crippen molar-refractivity contribution < 1.29 is 18.0 Å². The number of nitrogens with one attached hydrogen (secondary N) is 1. The number of alkyl halides is 3.